The lowest BCUT2D eigenvalue weighted by atomic mass is 10.1. The van der Waals surface area contributed by atoms with Crippen LogP contribution in [0.3, 0.4) is 0 Å². The topological polar surface area (TPSA) is 84.5 Å². The number of hydrogen-bond acceptors (Lipinski definition) is 4. The summed E-state index contributed by atoms with van der Waals surface area (Å²) in [7, 11) is -3.98. The summed E-state index contributed by atoms with van der Waals surface area (Å²) in [6.45, 7) is 5.91. The maximum Gasteiger partial charge on any atom is 0.242 e. The zero-order valence-electron chi connectivity index (χ0n) is 18.8. The lowest BCUT2D eigenvalue weighted by Gasteiger charge is -2.20. The van der Waals surface area contributed by atoms with Crippen LogP contribution in [0.2, 0.25) is 5.02 Å². The Balaban J connectivity index is 1.89. The van der Waals surface area contributed by atoms with Gasteiger partial charge in [0.05, 0.1) is 11.5 Å². The number of aryl methyl sites for hydroxylation is 1. The number of nitrogens with one attached hydrogen (secondary N) is 2. The molecule has 0 spiro atoms. The van der Waals surface area contributed by atoms with Gasteiger partial charge in [-0.25, -0.2) is 8.42 Å². The average molecular weight is 487 g/mol. The summed E-state index contributed by atoms with van der Waals surface area (Å²) in [4.78, 5) is 13.3. The fourth-order valence-corrected chi connectivity index (χ4v) is 4.82. The molecule has 0 saturated heterocycles. The maximum atomic E-state index is 13.2. The first-order valence-electron chi connectivity index (χ1n) is 10.6. The van der Waals surface area contributed by atoms with Gasteiger partial charge in [-0.15, -0.1) is 0 Å². The van der Waals surface area contributed by atoms with Gasteiger partial charge in [-0.05, 0) is 74.2 Å². The van der Waals surface area contributed by atoms with Crippen molar-refractivity contribution in [2.45, 2.75) is 38.1 Å². The Kier molecular flexibility index (Phi) is 8.13. The van der Waals surface area contributed by atoms with E-state index >= 15 is 0 Å². The van der Waals surface area contributed by atoms with Crippen LogP contribution in [-0.2, 0) is 21.2 Å². The largest absolute Gasteiger partial charge is 0.494 e. The van der Waals surface area contributed by atoms with Crippen LogP contribution in [0.25, 0.3) is 0 Å². The van der Waals surface area contributed by atoms with Gasteiger partial charge in [0.2, 0.25) is 15.9 Å². The second kappa shape index (κ2) is 10.8. The zero-order chi connectivity index (χ0) is 24.0. The van der Waals surface area contributed by atoms with Crippen LogP contribution < -0.4 is 14.8 Å². The molecule has 0 fully saturated rings. The van der Waals surface area contributed by atoms with Gasteiger partial charge < -0.3 is 10.1 Å². The van der Waals surface area contributed by atoms with Crippen molar-refractivity contribution in [3.05, 3.63) is 88.4 Å². The molecule has 174 valence electrons. The number of halogens is 1. The summed E-state index contributed by atoms with van der Waals surface area (Å²) >= 11 is 6.17. The van der Waals surface area contributed by atoms with E-state index in [1.165, 1.54) is 12.1 Å². The third-order valence-corrected chi connectivity index (χ3v) is 7.06. The molecule has 33 heavy (non-hydrogen) atoms. The van der Waals surface area contributed by atoms with E-state index in [9.17, 15) is 13.2 Å². The molecule has 0 unspecified atom stereocenters. The molecule has 3 rings (SSSR count). The standard InChI is InChI=1S/C25H27ClN2O4S/c1-4-32-24-14-13-20(15-17(24)2)33(30,31)28-23(16-19-9-6-5-7-10-19)25(29)27-22-12-8-11-21(26)18(22)3/h5-15,23,28H,4,16H2,1-3H3,(H,27,29)/t23-/m0/s1. The Morgan fingerprint density at radius 2 is 1.76 bits per heavy atom. The molecule has 0 heterocycles. The van der Waals surface area contributed by atoms with Crippen molar-refractivity contribution in [1.82, 2.24) is 4.72 Å². The predicted molar refractivity (Wildman–Crippen MR) is 131 cm³/mol. The van der Waals surface area contributed by atoms with Crippen molar-refractivity contribution in [1.29, 1.82) is 0 Å². The van der Waals surface area contributed by atoms with Gasteiger partial charge >= 0.3 is 0 Å². The fourth-order valence-electron chi connectivity index (χ4n) is 3.36. The maximum absolute atomic E-state index is 13.2. The number of amides is 1. The first-order chi connectivity index (χ1) is 15.7. The molecule has 0 saturated carbocycles. The summed E-state index contributed by atoms with van der Waals surface area (Å²) in [5, 5.41) is 3.32. The van der Waals surface area contributed by atoms with Gasteiger partial charge in [-0.1, -0.05) is 48.0 Å². The van der Waals surface area contributed by atoms with Crippen LogP contribution >= 0.6 is 11.6 Å². The molecule has 0 aromatic heterocycles. The first kappa shape index (κ1) is 24.8. The molecular weight excluding hydrogens is 460 g/mol. The van der Waals surface area contributed by atoms with E-state index in [4.69, 9.17) is 16.3 Å². The number of hydrogen-bond donors (Lipinski definition) is 2. The molecule has 6 nitrogen and oxygen atoms in total. The SMILES string of the molecule is CCOc1ccc(S(=O)(=O)N[C@@H](Cc2ccccc2)C(=O)Nc2cccc(Cl)c2C)cc1C. The summed E-state index contributed by atoms with van der Waals surface area (Å²) in [5.74, 6) is 0.141. The van der Waals surface area contributed by atoms with E-state index in [0.29, 0.717) is 34.2 Å². The Labute approximate surface area is 200 Å². The third kappa shape index (κ3) is 6.35. The third-order valence-electron chi connectivity index (χ3n) is 5.18. The molecule has 1 amide bonds. The highest BCUT2D eigenvalue weighted by atomic mass is 35.5. The minimum absolute atomic E-state index is 0.0632. The van der Waals surface area contributed by atoms with E-state index in [0.717, 1.165) is 5.56 Å². The van der Waals surface area contributed by atoms with Gasteiger partial charge in [-0.2, -0.15) is 4.72 Å². The van der Waals surface area contributed by atoms with Crippen molar-refractivity contribution < 1.29 is 17.9 Å². The van der Waals surface area contributed by atoms with Gasteiger partial charge in [0, 0.05) is 10.7 Å². The summed E-state index contributed by atoms with van der Waals surface area (Å²) in [6, 6.07) is 18.0. The summed E-state index contributed by atoms with van der Waals surface area (Å²) in [6.07, 6.45) is 0.182. The molecule has 3 aromatic carbocycles. The number of anilines is 1. The van der Waals surface area contributed by atoms with E-state index in [1.807, 2.05) is 37.3 Å². The van der Waals surface area contributed by atoms with Gasteiger partial charge in [-0.3, -0.25) is 4.79 Å². The van der Waals surface area contributed by atoms with Crippen molar-refractivity contribution in [2.75, 3.05) is 11.9 Å². The van der Waals surface area contributed by atoms with Crippen LogP contribution in [0.15, 0.2) is 71.6 Å². The zero-order valence-corrected chi connectivity index (χ0v) is 20.3. The van der Waals surface area contributed by atoms with E-state index < -0.39 is 22.0 Å². The van der Waals surface area contributed by atoms with Crippen LogP contribution in [0.4, 0.5) is 5.69 Å². The molecule has 0 aliphatic carbocycles. The second-order valence-corrected chi connectivity index (χ2v) is 9.75. The minimum atomic E-state index is -3.98. The van der Waals surface area contributed by atoms with E-state index in [2.05, 4.69) is 10.0 Å². The normalized spacial score (nSPS) is 12.2. The first-order valence-corrected chi connectivity index (χ1v) is 12.4. The van der Waals surface area contributed by atoms with Crippen LogP contribution in [0, 0.1) is 13.8 Å². The number of ether oxygens (including phenoxy) is 1. The van der Waals surface area contributed by atoms with Gasteiger partial charge in [0.15, 0.2) is 0 Å². The summed E-state index contributed by atoms with van der Waals surface area (Å²) in [5.41, 5.74) is 2.75. The van der Waals surface area contributed by atoms with Crippen molar-refractivity contribution in [3.63, 3.8) is 0 Å². The second-order valence-electron chi connectivity index (χ2n) is 7.63. The highest BCUT2D eigenvalue weighted by Gasteiger charge is 2.27. The highest BCUT2D eigenvalue weighted by molar-refractivity contribution is 7.89. The van der Waals surface area contributed by atoms with Crippen LogP contribution in [0.5, 0.6) is 5.75 Å². The van der Waals surface area contributed by atoms with E-state index in [1.54, 1.807) is 38.1 Å². The van der Waals surface area contributed by atoms with Crippen molar-refractivity contribution in [2.24, 2.45) is 0 Å². The number of benzene rings is 3. The monoisotopic (exact) mass is 486 g/mol. The van der Waals surface area contributed by atoms with Crippen LogP contribution in [0.1, 0.15) is 23.6 Å². The number of carbonyl (C=O) groups excluding carboxylic acids is 1. The molecule has 0 radical (unpaired) electrons. The Morgan fingerprint density at radius 1 is 1.03 bits per heavy atom. The highest BCUT2D eigenvalue weighted by Crippen LogP contribution is 2.24. The lowest BCUT2D eigenvalue weighted by Crippen LogP contribution is -2.45. The molecule has 8 heteroatoms. The molecule has 1 atom stereocenters. The Hall–Kier alpha value is -2.87. The van der Waals surface area contributed by atoms with Gasteiger partial charge in [0.25, 0.3) is 0 Å². The average Bonchev–Trinajstić information content (AvgIpc) is 2.78. The molecule has 3 aromatic rings. The molecule has 0 aliphatic rings. The fraction of sp³-hybridized carbons (Fsp3) is 0.240. The quantitative estimate of drug-likeness (QED) is 0.451. The predicted octanol–water partition coefficient (Wildman–Crippen LogP) is 4.88. The molecular formula is C25H27ClN2O4S. The Morgan fingerprint density at radius 3 is 2.42 bits per heavy atom. The van der Waals surface area contributed by atoms with E-state index in [-0.39, 0.29) is 11.3 Å². The van der Waals surface area contributed by atoms with Gasteiger partial charge in [0.1, 0.15) is 11.8 Å². The summed E-state index contributed by atoms with van der Waals surface area (Å²) < 4.78 is 34.4. The number of sulfonamides is 1. The molecule has 2 N–H and O–H groups in total. The van der Waals surface area contributed by atoms with Crippen molar-refractivity contribution >= 4 is 33.2 Å². The number of carbonyl (C=O) groups is 1. The molecule has 0 aliphatic heterocycles. The van der Waals surface area contributed by atoms with Crippen LogP contribution in [-0.4, -0.2) is 27.0 Å². The Bertz CT molecular complexity index is 1230. The smallest absolute Gasteiger partial charge is 0.242 e. The van der Waals surface area contributed by atoms with Crippen molar-refractivity contribution in [3.8, 4) is 5.75 Å². The molecule has 0 bridgehead atoms. The lowest BCUT2D eigenvalue weighted by molar-refractivity contribution is -0.117. The minimum Gasteiger partial charge on any atom is -0.494 e. The number of rotatable bonds is 9.